The zero-order valence-corrected chi connectivity index (χ0v) is 22.2. The molecule has 0 bridgehead atoms. The van der Waals surface area contributed by atoms with Crippen molar-refractivity contribution in [3.8, 4) is 11.1 Å². The van der Waals surface area contributed by atoms with Gasteiger partial charge in [-0.15, -0.1) is 0 Å². The molecule has 0 atom stereocenters. The van der Waals surface area contributed by atoms with Gasteiger partial charge in [-0.2, -0.15) is 0 Å². The van der Waals surface area contributed by atoms with Gasteiger partial charge in [0.15, 0.2) is 9.84 Å². The first-order valence-corrected chi connectivity index (χ1v) is 14.1. The Morgan fingerprint density at radius 2 is 1.70 bits per heavy atom. The zero-order chi connectivity index (χ0) is 26.2. The predicted octanol–water partition coefficient (Wildman–Crippen LogP) is 6.75. The van der Waals surface area contributed by atoms with Crippen molar-refractivity contribution in [2.45, 2.75) is 24.7 Å². The fourth-order valence-corrected chi connectivity index (χ4v) is 5.15. The van der Waals surface area contributed by atoms with Crippen LogP contribution in [-0.2, 0) is 16.9 Å². The molecule has 0 amide bonds. The first-order chi connectivity index (χ1) is 17.7. The molecule has 0 radical (unpaired) electrons. The van der Waals surface area contributed by atoms with Crippen LogP contribution >= 0.6 is 0 Å². The number of fused-ring (bicyclic) bond motifs is 1. The molecule has 3 aromatic carbocycles. The maximum Gasteiger partial charge on any atom is 0.175 e. The van der Waals surface area contributed by atoms with Crippen LogP contribution in [0.3, 0.4) is 0 Å². The lowest BCUT2D eigenvalue weighted by molar-refractivity contribution is 0.602. The molecule has 37 heavy (non-hydrogen) atoms. The number of hydrogen-bond acceptors (Lipinski definition) is 4. The number of nitrogens with zero attached hydrogens (tertiary/aromatic N) is 3. The molecule has 5 nitrogen and oxygen atoms in total. The van der Waals surface area contributed by atoms with E-state index in [1.807, 2.05) is 42.2 Å². The van der Waals surface area contributed by atoms with Crippen molar-refractivity contribution in [3.05, 3.63) is 114 Å². The second kappa shape index (κ2) is 9.79. The van der Waals surface area contributed by atoms with Gasteiger partial charge < -0.3 is 4.57 Å². The van der Waals surface area contributed by atoms with E-state index in [4.69, 9.17) is 4.98 Å². The second-order valence-corrected chi connectivity index (χ2v) is 11.7. The summed E-state index contributed by atoms with van der Waals surface area (Å²) in [6, 6.07) is 23.9. The second-order valence-electron chi connectivity index (χ2n) is 9.64. The monoisotopic (exact) mass is 507 g/mol. The summed E-state index contributed by atoms with van der Waals surface area (Å²) in [5, 5.41) is 1.13. The molecule has 0 aliphatic rings. The van der Waals surface area contributed by atoms with Gasteiger partial charge in [-0.1, -0.05) is 50.2 Å². The van der Waals surface area contributed by atoms with Crippen LogP contribution < -0.4 is 0 Å². The van der Waals surface area contributed by atoms with Crippen LogP contribution in [0, 0.1) is 0 Å². The van der Waals surface area contributed by atoms with E-state index in [-0.39, 0.29) is 0 Å². The number of benzene rings is 3. The highest BCUT2D eigenvalue weighted by Crippen LogP contribution is 2.33. The lowest BCUT2D eigenvalue weighted by Gasteiger charge is -2.13. The maximum absolute atomic E-state index is 12.0. The van der Waals surface area contributed by atoms with Crippen LogP contribution in [0.2, 0.25) is 0 Å². The smallest absolute Gasteiger partial charge is 0.175 e. The van der Waals surface area contributed by atoms with E-state index in [9.17, 15) is 8.42 Å². The van der Waals surface area contributed by atoms with Gasteiger partial charge in [-0.05, 0) is 70.6 Å². The first-order valence-electron chi connectivity index (χ1n) is 12.2. The van der Waals surface area contributed by atoms with E-state index >= 15 is 0 Å². The molecule has 2 heterocycles. The van der Waals surface area contributed by atoms with Crippen LogP contribution in [0.1, 0.15) is 42.3 Å². The molecule has 5 aromatic rings. The molecule has 0 spiro atoms. The number of sulfone groups is 1. The summed E-state index contributed by atoms with van der Waals surface area (Å²) in [5.74, 6) is 1.20. The maximum atomic E-state index is 12.0. The normalized spacial score (nSPS) is 12.4. The average molecular weight is 508 g/mol. The molecule has 2 aromatic heterocycles. The first kappa shape index (κ1) is 24.7. The van der Waals surface area contributed by atoms with Crippen molar-refractivity contribution in [1.82, 2.24) is 14.5 Å². The minimum Gasteiger partial charge on any atom is -0.334 e. The molecule has 6 heteroatoms. The number of rotatable bonds is 6. The largest absolute Gasteiger partial charge is 0.334 e. The molecule has 0 unspecified atom stereocenters. The Morgan fingerprint density at radius 3 is 2.38 bits per heavy atom. The SMILES string of the molecule is CC(C)c1cc(-c2cccc(C=C(c3ccc(S(C)(=O)=O)cc3)c3nccn3C)c2)c2ncccc2c1. The minimum atomic E-state index is -3.28. The van der Waals surface area contributed by atoms with Crippen molar-refractivity contribution in [2.24, 2.45) is 7.05 Å². The fraction of sp³-hybridized carbons (Fsp3) is 0.161. The molecular formula is C31H29N3O2S. The Bertz CT molecular complexity index is 1730. The Morgan fingerprint density at radius 1 is 0.919 bits per heavy atom. The van der Waals surface area contributed by atoms with E-state index in [0.717, 1.165) is 44.6 Å². The van der Waals surface area contributed by atoms with Crippen LogP contribution in [0.5, 0.6) is 0 Å². The zero-order valence-electron chi connectivity index (χ0n) is 21.4. The summed E-state index contributed by atoms with van der Waals surface area (Å²) < 4.78 is 25.9. The highest BCUT2D eigenvalue weighted by molar-refractivity contribution is 7.90. The molecule has 0 saturated carbocycles. The van der Waals surface area contributed by atoms with Crippen LogP contribution in [0.25, 0.3) is 33.7 Å². The van der Waals surface area contributed by atoms with Crippen LogP contribution in [0.15, 0.2) is 96.3 Å². The number of pyridine rings is 1. The third-order valence-electron chi connectivity index (χ3n) is 6.56. The van der Waals surface area contributed by atoms with Crippen LogP contribution in [0.4, 0.5) is 0 Å². The highest BCUT2D eigenvalue weighted by Gasteiger charge is 2.14. The lowest BCUT2D eigenvalue weighted by atomic mass is 9.93. The van der Waals surface area contributed by atoms with Crippen molar-refractivity contribution in [2.75, 3.05) is 6.26 Å². The third-order valence-corrected chi connectivity index (χ3v) is 7.69. The fourth-order valence-electron chi connectivity index (χ4n) is 4.52. The predicted molar refractivity (Wildman–Crippen MR) is 151 cm³/mol. The van der Waals surface area contributed by atoms with Crippen molar-refractivity contribution < 1.29 is 8.42 Å². The van der Waals surface area contributed by atoms with Gasteiger partial charge in [0.2, 0.25) is 0 Å². The molecule has 0 fully saturated rings. The topological polar surface area (TPSA) is 64.8 Å². The molecular weight excluding hydrogens is 478 g/mol. The van der Waals surface area contributed by atoms with E-state index in [1.165, 1.54) is 11.8 Å². The van der Waals surface area contributed by atoms with E-state index in [2.05, 4.69) is 67.4 Å². The summed E-state index contributed by atoms with van der Waals surface area (Å²) in [6.45, 7) is 4.41. The van der Waals surface area contributed by atoms with E-state index < -0.39 is 9.84 Å². The Hall–Kier alpha value is -4.03. The van der Waals surface area contributed by atoms with E-state index in [1.54, 1.807) is 18.3 Å². The number of aromatic nitrogens is 3. The summed E-state index contributed by atoms with van der Waals surface area (Å²) in [5.41, 5.74) is 7.26. The van der Waals surface area contributed by atoms with Crippen LogP contribution in [-0.4, -0.2) is 29.2 Å². The quantitative estimate of drug-likeness (QED) is 0.238. The van der Waals surface area contributed by atoms with Crippen molar-refractivity contribution in [3.63, 3.8) is 0 Å². The van der Waals surface area contributed by atoms with Crippen molar-refractivity contribution in [1.29, 1.82) is 0 Å². The summed E-state index contributed by atoms with van der Waals surface area (Å²) in [6.07, 6.45) is 8.82. The molecule has 0 aliphatic carbocycles. The molecule has 0 saturated heterocycles. The van der Waals surface area contributed by atoms with Gasteiger partial charge in [0.05, 0.1) is 10.4 Å². The molecule has 186 valence electrons. The van der Waals surface area contributed by atoms with E-state index in [0.29, 0.717) is 10.8 Å². The van der Waals surface area contributed by atoms with Gasteiger partial charge in [-0.3, -0.25) is 4.98 Å². The number of hydrogen-bond donors (Lipinski definition) is 0. The highest BCUT2D eigenvalue weighted by atomic mass is 32.2. The lowest BCUT2D eigenvalue weighted by Crippen LogP contribution is -2.00. The van der Waals surface area contributed by atoms with Gasteiger partial charge in [-0.25, -0.2) is 13.4 Å². The van der Waals surface area contributed by atoms with Crippen molar-refractivity contribution >= 4 is 32.4 Å². The molecule has 0 aliphatic heterocycles. The summed E-state index contributed by atoms with van der Waals surface area (Å²) >= 11 is 0. The Balaban J connectivity index is 1.66. The van der Waals surface area contributed by atoms with Gasteiger partial charge in [0.1, 0.15) is 5.82 Å². The average Bonchev–Trinajstić information content (AvgIpc) is 3.31. The minimum absolute atomic E-state index is 0.293. The van der Waals surface area contributed by atoms with Gasteiger partial charge in [0.25, 0.3) is 0 Å². The summed E-state index contributed by atoms with van der Waals surface area (Å²) in [4.78, 5) is 9.57. The summed E-state index contributed by atoms with van der Waals surface area (Å²) in [7, 11) is -1.33. The molecule has 5 rings (SSSR count). The Kier molecular flexibility index (Phi) is 6.52. The number of imidazole rings is 1. The molecule has 0 N–H and O–H groups in total. The third kappa shape index (κ3) is 5.11. The Labute approximate surface area is 218 Å². The standard InChI is InChI=1S/C31H29N3O2S/c1-21(2)26-19-25-9-6-14-32-30(25)28(20-26)24-8-5-7-22(17-24)18-29(31-33-15-16-34(31)3)23-10-12-27(13-11-23)37(4,35)36/h5-21H,1-4H3. The van der Waals surface area contributed by atoms with Gasteiger partial charge >= 0.3 is 0 Å². The number of aryl methyl sites for hydroxylation is 1. The van der Waals surface area contributed by atoms with Gasteiger partial charge in [0, 0.05) is 48.4 Å².